The van der Waals surface area contributed by atoms with Gasteiger partial charge in [-0.15, -0.1) is 0 Å². The standard InChI is InChI=1S/C26H27NO6/c1-3-8-20(27-26(30)31-15-17-9-5-4-6-10-17)25(29)33-22-14-16(2)13-21-23(22)18-11-7-12-19(18)24(28)32-21/h4-6,9-10,13-14,20H,3,7-8,11-12,15H2,1-2H3,(H,27,30)/t20-/m1/s1. The summed E-state index contributed by atoms with van der Waals surface area (Å²) in [7, 11) is 0. The minimum absolute atomic E-state index is 0.105. The van der Waals surface area contributed by atoms with Crippen LogP contribution in [0.4, 0.5) is 4.79 Å². The largest absolute Gasteiger partial charge is 0.445 e. The Morgan fingerprint density at radius 2 is 1.88 bits per heavy atom. The average molecular weight is 450 g/mol. The van der Waals surface area contributed by atoms with E-state index in [0.29, 0.717) is 41.5 Å². The molecule has 7 nitrogen and oxygen atoms in total. The Morgan fingerprint density at radius 3 is 2.64 bits per heavy atom. The third-order valence-electron chi connectivity index (χ3n) is 5.76. The predicted molar refractivity (Wildman–Crippen MR) is 123 cm³/mol. The summed E-state index contributed by atoms with van der Waals surface area (Å²) >= 11 is 0. The summed E-state index contributed by atoms with van der Waals surface area (Å²) in [4.78, 5) is 37.7. The zero-order valence-corrected chi connectivity index (χ0v) is 18.8. The number of fused-ring (bicyclic) bond motifs is 3. The number of esters is 1. The number of aryl methyl sites for hydroxylation is 2. The zero-order valence-electron chi connectivity index (χ0n) is 18.8. The number of hydrogen-bond donors (Lipinski definition) is 1. The van der Waals surface area contributed by atoms with Gasteiger partial charge in [0.05, 0.1) is 5.39 Å². The molecule has 0 bridgehead atoms. The summed E-state index contributed by atoms with van der Waals surface area (Å²) in [6, 6.07) is 12.0. The van der Waals surface area contributed by atoms with Crippen LogP contribution in [0.3, 0.4) is 0 Å². The summed E-state index contributed by atoms with van der Waals surface area (Å²) in [5, 5.41) is 3.28. The lowest BCUT2D eigenvalue weighted by Crippen LogP contribution is -2.43. The van der Waals surface area contributed by atoms with Gasteiger partial charge in [-0.25, -0.2) is 14.4 Å². The molecule has 0 aliphatic heterocycles. The van der Waals surface area contributed by atoms with Crippen molar-refractivity contribution in [1.29, 1.82) is 0 Å². The predicted octanol–water partition coefficient (Wildman–Crippen LogP) is 4.59. The molecule has 0 radical (unpaired) electrons. The van der Waals surface area contributed by atoms with Crippen molar-refractivity contribution in [3.05, 3.63) is 75.1 Å². The van der Waals surface area contributed by atoms with E-state index < -0.39 is 18.1 Å². The van der Waals surface area contributed by atoms with E-state index in [0.717, 1.165) is 29.5 Å². The molecule has 1 aliphatic carbocycles. The van der Waals surface area contributed by atoms with Crippen molar-refractivity contribution in [2.45, 2.75) is 58.6 Å². The molecular formula is C26H27NO6. The van der Waals surface area contributed by atoms with Gasteiger partial charge in [0.25, 0.3) is 0 Å². The summed E-state index contributed by atoms with van der Waals surface area (Å²) in [6.45, 7) is 3.86. The van der Waals surface area contributed by atoms with Gasteiger partial charge in [-0.3, -0.25) is 0 Å². The Labute approximate surface area is 191 Å². The minimum atomic E-state index is -0.863. The van der Waals surface area contributed by atoms with Gasteiger partial charge in [-0.2, -0.15) is 0 Å². The Balaban J connectivity index is 1.53. The third-order valence-corrected chi connectivity index (χ3v) is 5.76. The third kappa shape index (κ3) is 5.08. The first-order chi connectivity index (χ1) is 16.0. The lowest BCUT2D eigenvalue weighted by atomic mass is 10.0. The van der Waals surface area contributed by atoms with Crippen molar-refractivity contribution >= 4 is 23.0 Å². The van der Waals surface area contributed by atoms with Gasteiger partial charge in [-0.05, 0) is 61.4 Å². The van der Waals surface area contributed by atoms with Gasteiger partial charge in [0, 0.05) is 5.56 Å². The van der Waals surface area contributed by atoms with Crippen LogP contribution in [0.2, 0.25) is 0 Å². The Morgan fingerprint density at radius 1 is 1.12 bits per heavy atom. The van der Waals surface area contributed by atoms with Crippen LogP contribution >= 0.6 is 0 Å². The molecule has 0 unspecified atom stereocenters. The molecule has 0 saturated heterocycles. The Kier molecular flexibility index (Phi) is 6.77. The summed E-state index contributed by atoms with van der Waals surface area (Å²) < 4.78 is 16.6. The monoisotopic (exact) mass is 449 g/mol. The van der Waals surface area contributed by atoms with Gasteiger partial charge in [-0.1, -0.05) is 43.7 Å². The maximum absolute atomic E-state index is 13.0. The van der Waals surface area contributed by atoms with Gasteiger partial charge < -0.3 is 19.2 Å². The highest BCUT2D eigenvalue weighted by Crippen LogP contribution is 2.35. The summed E-state index contributed by atoms with van der Waals surface area (Å²) in [5.41, 5.74) is 3.26. The molecule has 0 fully saturated rings. The summed E-state index contributed by atoms with van der Waals surface area (Å²) in [5.74, 6) is -0.240. The molecule has 7 heteroatoms. The molecule has 1 atom stereocenters. The SMILES string of the molecule is CCC[C@@H](NC(=O)OCc1ccccc1)C(=O)Oc1cc(C)cc2oc(=O)c3c(c12)CCC3. The van der Waals surface area contributed by atoms with E-state index in [9.17, 15) is 14.4 Å². The molecule has 1 aliphatic rings. The molecule has 1 amide bonds. The van der Waals surface area contributed by atoms with E-state index >= 15 is 0 Å². The molecular weight excluding hydrogens is 422 g/mol. The molecule has 1 heterocycles. The van der Waals surface area contributed by atoms with Crippen LogP contribution in [-0.2, 0) is 29.0 Å². The first-order valence-electron chi connectivity index (χ1n) is 11.2. The molecule has 0 saturated carbocycles. The number of rotatable bonds is 7. The second-order valence-corrected chi connectivity index (χ2v) is 8.30. The number of hydrogen-bond acceptors (Lipinski definition) is 6. The normalized spacial score (nSPS) is 13.4. The lowest BCUT2D eigenvalue weighted by Gasteiger charge is -2.18. The van der Waals surface area contributed by atoms with Crippen LogP contribution in [0.5, 0.6) is 5.75 Å². The molecule has 172 valence electrons. The molecule has 33 heavy (non-hydrogen) atoms. The molecule has 0 spiro atoms. The van der Waals surface area contributed by atoms with Crippen LogP contribution in [0.1, 0.15) is 48.4 Å². The fourth-order valence-electron chi connectivity index (χ4n) is 4.21. The molecule has 3 aromatic rings. The Bertz CT molecular complexity index is 1230. The van der Waals surface area contributed by atoms with E-state index in [2.05, 4.69) is 5.32 Å². The number of amides is 1. The highest BCUT2D eigenvalue weighted by Gasteiger charge is 2.27. The van der Waals surface area contributed by atoms with Crippen LogP contribution < -0.4 is 15.7 Å². The van der Waals surface area contributed by atoms with E-state index in [1.807, 2.05) is 44.2 Å². The van der Waals surface area contributed by atoms with Gasteiger partial charge in [0.15, 0.2) is 0 Å². The summed E-state index contributed by atoms with van der Waals surface area (Å²) in [6.07, 6.45) is 2.62. The van der Waals surface area contributed by atoms with Crippen LogP contribution in [0, 0.1) is 6.92 Å². The maximum Gasteiger partial charge on any atom is 0.408 e. The lowest BCUT2D eigenvalue weighted by molar-refractivity contribution is -0.136. The number of nitrogens with one attached hydrogen (secondary N) is 1. The van der Waals surface area contributed by atoms with Crippen LogP contribution in [0.25, 0.3) is 11.0 Å². The van der Waals surface area contributed by atoms with Crippen molar-refractivity contribution < 1.29 is 23.5 Å². The van der Waals surface area contributed by atoms with Crippen molar-refractivity contribution in [3.63, 3.8) is 0 Å². The fourth-order valence-corrected chi connectivity index (χ4v) is 4.21. The number of carbonyl (C=O) groups is 2. The molecule has 2 aromatic carbocycles. The van der Waals surface area contributed by atoms with E-state index in [1.54, 1.807) is 12.1 Å². The van der Waals surface area contributed by atoms with Gasteiger partial charge >= 0.3 is 17.7 Å². The number of alkyl carbamates (subject to hydrolysis) is 1. The number of ether oxygens (including phenoxy) is 2. The van der Waals surface area contributed by atoms with E-state index in [-0.39, 0.29) is 12.2 Å². The molecule has 1 N–H and O–H groups in total. The van der Waals surface area contributed by atoms with Crippen molar-refractivity contribution in [2.24, 2.45) is 0 Å². The molecule has 4 rings (SSSR count). The first-order valence-corrected chi connectivity index (χ1v) is 11.2. The first kappa shape index (κ1) is 22.6. The van der Waals surface area contributed by atoms with Crippen LogP contribution in [-0.4, -0.2) is 18.1 Å². The van der Waals surface area contributed by atoms with Gasteiger partial charge in [0.1, 0.15) is 24.0 Å². The Hall–Kier alpha value is -3.61. The van der Waals surface area contributed by atoms with Crippen molar-refractivity contribution in [3.8, 4) is 5.75 Å². The topological polar surface area (TPSA) is 94.8 Å². The quantitative estimate of drug-likeness (QED) is 0.322. The second-order valence-electron chi connectivity index (χ2n) is 8.30. The smallest absolute Gasteiger partial charge is 0.408 e. The fraction of sp³-hybridized carbons (Fsp3) is 0.346. The average Bonchev–Trinajstić information content (AvgIpc) is 3.28. The number of benzene rings is 2. The molecule has 1 aromatic heterocycles. The minimum Gasteiger partial charge on any atom is -0.445 e. The van der Waals surface area contributed by atoms with E-state index in [4.69, 9.17) is 13.9 Å². The zero-order chi connectivity index (χ0) is 23.4. The van der Waals surface area contributed by atoms with Gasteiger partial charge in [0.2, 0.25) is 0 Å². The van der Waals surface area contributed by atoms with Crippen molar-refractivity contribution in [1.82, 2.24) is 5.32 Å². The van der Waals surface area contributed by atoms with Crippen LogP contribution in [0.15, 0.2) is 51.7 Å². The maximum atomic E-state index is 13.0. The second kappa shape index (κ2) is 9.90. The highest BCUT2D eigenvalue weighted by molar-refractivity contribution is 5.92. The van der Waals surface area contributed by atoms with E-state index in [1.165, 1.54) is 0 Å². The number of carbonyl (C=O) groups excluding carboxylic acids is 2. The van der Waals surface area contributed by atoms with Crippen molar-refractivity contribution in [2.75, 3.05) is 0 Å². The highest BCUT2D eigenvalue weighted by atomic mass is 16.6.